The zero-order chi connectivity index (χ0) is 43.4. The Balaban J connectivity index is 0.802. The summed E-state index contributed by atoms with van der Waals surface area (Å²) in [6.45, 7) is -0.313. The van der Waals surface area contributed by atoms with Gasteiger partial charge < -0.3 is 46.5 Å². The van der Waals surface area contributed by atoms with E-state index in [2.05, 4.69) is 40.5 Å². The van der Waals surface area contributed by atoms with Crippen molar-refractivity contribution in [1.29, 1.82) is 0 Å². The molecular weight excluding hydrogens is 902 g/mol. The number of amides is 2. The molecule has 0 radical (unpaired) electrons. The topological polar surface area (TPSA) is 423 Å². The van der Waals surface area contributed by atoms with Crippen molar-refractivity contribution in [3.05, 3.63) is 20.7 Å². The van der Waals surface area contributed by atoms with E-state index in [9.17, 15) is 49.0 Å². The van der Waals surface area contributed by atoms with Crippen LogP contribution in [0, 0.1) is 0 Å². The van der Waals surface area contributed by atoms with Crippen molar-refractivity contribution >= 4 is 85.9 Å². The quantitative estimate of drug-likeness (QED) is 0.0322. The number of nitrogen functional groups attached to an aromatic ring is 2. The average molecular weight is 941 g/mol. The first-order chi connectivity index (χ1) is 29.0. The van der Waals surface area contributed by atoms with E-state index in [1.165, 1.54) is 9.13 Å². The van der Waals surface area contributed by atoms with Crippen LogP contribution in [0.4, 0.5) is 11.9 Å². The Morgan fingerprint density at radius 2 is 1.15 bits per heavy atom. The van der Waals surface area contributed by atoms with E-state index < -0.39 is 88.4 Å². The molecule has 14 N–H and O–H groups in total. The van der Waals surface area contributed by atoms with E-state index in [-0.39, 0.29) is 95.6 Å². The molecule has 4 fully saturated rings. The second kappa shape index (κ2) is 17.4. The van der Waals surface area contributed by atoms with Crippen molar-refractivity contribution in [1.82, 2.24) is 49.7 Å². The van der Waals surface area contributed by atoms with Crippen LogP contribution >= 0.6 is 39.9 Å². The second-order valence-corrected chi connectivity index (χ2v) is 18.3. The maximum absolute atomic E-state index is 12.8. The Hall–Kier alpha value is -3.72. The average Bonchev–Trinajstić information content (AvgIpc) is 3.92. The number of hydrogen-bond acceptors (Lipinski definition) is 25. The number of anilines is 2. The van der Waals surface area contributed by atoms with Crippen molar-refractivity contribution in [3.8, 4) is 0 Å². The summed E-state index contributed by atoms with van der Waals surface area (Å²) in [5.74, 6) is -1.83. The predicted molar refractivity (Wildman–Crippen MR) is 208 cm³/mol. The highest BCUT2D eigenvalue weighted by Crippen LogP contribution is 2.60. The van der Waals surface area contributed by atoms with Crippen molar-refractivity contribution < 1.29 is 71.7 Å². The molecule has 2 amide bonds. The van der Waals surface area contributed by atoms with Gasteiger partial charge in [-0.1, -0.05) is 23.5 Å². The summed E-state index contributed by atoms with van der Waals surface area (Å²) in [5, 5.41) is 27.6. The number of imidazole rings is 2. The van der Waals surface area contributed by atoms with E-state index in [1.807, 2.05) is 0 Å². The fourth-order valence-electron chi connectivity index (χ4n) is 6.73. The molecule has 0 bridgehead atoms. The van der Waals surface area contributed by atoms with Gasteiger partial charge in [0.25, 0.3) is 11.1 Å². The van der Waals surface area contributed by atoms with Crippen LogP contribution in [-0.2, 0) is 41.9 Å². The number of aromatic amines is 2. The molecule has 4 aliphatic heterocycles. The summed E-state index contributed by atoms with van der Waals surface area (Å²) in [6, 6.07) is 0. The monoisotopic (exact) mass is 940 g/mol. The summed E-state index contributed by atoms with van der Waals surface area (Å²) >= 11 is 1.78. The summed E-state index contributed by atoms with van der Waals surface area (Å²) in [5.41, 5.74) is 9.71. The number of nitrogens with one attached hydrogen (secondary N) is 4. The Kier molecular flexibility index (Phi) is 12.6. The lowest BCUT2D eigenvalue weighted by atomic mass is 10.1. The molecule has 0 spiro atoms. The number of thioether (sulfide) groups is 2. The van der Waals surface area contributed by atoms with Crippen LogP contribution in [0.1, 0.15) is 12.5 Å². The van der Waals surface area contributed by atoms with Crippen molar-refractivity contribution in [3.63, 3.8) is 0 Å². The van der Waals surface area contributed by atoms with Crippen molar-refractivity contribution in [2.45, 2.75) is 59.4 Å². The smallest absolute Gasteiger partial charge is 0.385 e. The van der Waals surface area contributed by atoms with Crippen LogP contribution in [0.2, 0.25) is 0 Å². The molecule has 33 heteroatoms. The van der Waals surface area contributed by atoms with E-state index >= 15 is 0 Å². The lowest BCUT2D eigenvalue weighted by Gasteiger charge is -2.24. The van der Waals surface area contributed by atoms with Crippen LogP contribution in [0.25, 0.3) is 22.3 Å². The third kappa shape index (κ3) is 9.20. The predicted octanol–water partition coefficient (Wildman–Crippen LogP) is -4.48. The van der Waals surface area contributed by atoms with Gasteiger partial charge in [-0.2, -0.15) is 38.6 Å². The van der Waals surface area contributed by atoms with Gasteiger partial charge in [-0.25, -0.2) is 9.97 Å². The van der Waals surface area contributed by atoms with Crippen molar-refractivity contribution in [2.75, 3.05) is 62.5 Å². The molecule has 0 saturated carbocycles. The number of carbonyl (C=O) groups excluding carboxylic acids is 2. The van der Waals surface area contributed by atoms with Crippen LogP contribution in [0.3, 0.4) is 0 Å². The van der Waals surface area contributed by atoms with Gasteiger partial charge in [0, 0.05) is 13.1 Å². The number of hydrogen-bond donors (Lipinski definition) is 12. The number of aliphatic hydroxyl groups is 2. The molecule has 4 saturated heterocycles. The molecular formula is C28H38N12O17P2S2+2. The minimum absolute atomic E-state index is 0.0538. The number of aromatic nitrogens is 8. The highest BCUT2D eigenvalue weighted by Gasteiger charge is 2.61. The van der Waals surface area contributed by atoms with Crippen molar-refractivity contribution in [2.24, 2.45) is 0 Å². The molecule has 61 heavy (non-hydrogen) atoms. The molecule has 4 aliphatic rings. The SMILES string of the molecule is Nc1nc2c(nc(SCC(=O)NCCOCCNC(=O)CSc3nc4c(=O)[nH]c(N)nc4n3[C@@H]3OC4CO[P+](O)(O)O[C@H]4C3O)n2[C@@H]2OC3CO[P+](O)(O)O[C@H]3C2O)c(=O)[nH]1. The zero-order valence-corrected chi connectivity index (χ0v) is 34.4. The van der Waals surface area contributed by atoms with Gasteiger partial charge in [-0.3, -0.25) is 38.3 Å². The minimum Gasteiger partial charge on any atom is -0.385 e. The van der Waals surface area contributed by atoms with E-state index in [0.29, 0.717) is 0 Å². The Morgan fingerprint density at radius 3 is 1.56 bits per heavy atom. The number of rotatable bonds is 14. The standard InChI is InChI=1S/C28H36N12O17P2S2/c29-25-35-19-13(21(45)37-25)33-27(39(19)23-15(43)17-9(54-23)5-52-58(47,48)56-17)60-7-11(41)31-1-3-51-4-2-32-12(42)8-61-28-34-14-20(36-26(30)38-22(14)46)40(28)24-16(44)18-10(55-24)6-53-59(49,50)57-18/h9-10,15-18,23-24,43-44,47-50H,1-8H2,(H6-2,29,30,31,32,35,36,37,38,41,42,45,46)/p+2/t9?,10?,15?,16?,17-,18-,23-,24-/m1/s1. The fraction of sp³-hybridized carbons (Fsp3) is 0.571. The van der Waals surface area contributed by atoms with Gasteiger partial charge in [-0.15, -0.1) is 9.05 Å². The van der Waals surface area contributed by atoms with Gasteiger partial charge in [-0.05, 0) is 0 Å². The summed E-state index contributed by atoms with van der Waals surface area (Å²) < 4.78 is 39.9. The van der Waals surface area contributed by atoms with Gasteiger partial charge in [0.2, 0.25) is 23.7 Å². The third-order valence-electron chi connectivity index (χ3n) is 9.33. The van der Waals surface area contributed by atoms with E-state index in [4.69, 9.17) is 43.8 Å². The number of ether oxygens (including phenoxy) is 3. The van der Waals surface area contributed by atoms with Crippen LogP contribution in [0.15, 0.2) is 19.9 Å². The highest BCUT2D eigenvalue weighted by atomic mass is 32.2. The Morgan fingerprint density at radius 1 is 0.738 bits per heavy atom. The molecule has 8 heterocycles. The van der Waals surface area contributed by atoms with Crippen LogP contribution < -0.4 is 33.2 Å². The second-order valence-electron chi connectivity index (χ2n) is 13.5. The molecule has 0 aliphatic carbocycles. The first kappa shape index (κ1) is 43.9. The third-order valence-corrected chi connectivity index (χ3v) is 13.2. The first-order valence-corrected chi connectivity index (χ1v) is 23.0. The lowest BCUT2D eigenvalue weighted by molar-refractivity contribution is -0.119. The zero-order valence-electron chi connectivity index (χ0n) is 31.0. The Bertz CT molecular complexity index is 2270. The normalized spacial score (nSPS) is 27.9. The van der Waals surface area contributed by atoms with E-state index in [0.717, 1.165) is 23.5 Å². The Labute approximate surface area is 349 Å². The number of carbonyl (C=O) groups is 2. The number of H-pyrrole nitrogens is 2. The molecule has 4 aromatic rings. The maximum Gasteiger partial charge on any atom is 0.570 e. The molecule has 8 atom stereocenters. The summed E-state index contributed by atoms with van der Waals surface area (Å²) in [6.07, 6.45) is -9.78. The highest BCUT2D eigenvalue weighted by molar-refractivity contribution is 8.00. The van der Waals surface area contributed by atoms with Gasteiger partial charge in [0.1, 0.15) is 37.6 Å². The van der Waals surface area contributed by atoms with Crippen LogP contribution in [0.5, 0.6) is 0 Å². The minimum atomic E-state index is -4.19. The maximum atomic E-state index is 12.8. The van der Waals surface area contributed by atoms with Gasteiger partial charge >= 0.3 is 16.3 Å². The fourth-order valence-corrected chi connectivity index (χ4v) is 10.4. The number of nitrogens with two attached hydrogens (primary N) is 2. The molecule has 8 rings (SSSR count). The summed E-state index contributed by atoms with van der Waals surface area (Å²) in [7, 11) is -8.38. The van der Waals surface area contributed by atoms with Crippen LogP contribution in [-0.4, -0.2) is 168 Å². The lowest BCUT2D eigenvalue weighted by Crippen LogP contribution is -2.40. The summed E-state index contributed by atoms with van der Waals surface area (Å²) in [4.78, 5) is 112. The van der Waals surface area contributed by atoms with Gasteiger partial charge in [0.15, 0.2) is 57.3 Å². The molecule has 4 unspecified atom stereocenters. The number of aliphatic hydroxyl groups excluding tert-OH is 2. The van der Waals surface area contributed by atoms with Gasteiger partial charge in [0.05, 0.1) is 24.7 Å². The molecule has 29 nitrogen and oxygen atoms in total. The largest absolute Gasteiger partial charge is 0.570 e. The first-order valence-electron chi connectivity index (χ1n) is 17.9. The molecule has 332 valence electrons. The number of nitrogens with zero attached hydrogens (tertiary/aromatic N) is 6. The number of fused-ring (bicyclic) bond motifs is 4. The molecule has 0 aromatic carbocycles. The molecule has 4 aromatic heterocycles. The van der Waals surface area contributed by atoms with E-state index in [1.54, 1.807) is 0 Å².